The van der Waals surface area contributed by atoms with Gasteiger partial charge in [0.15, 0.2) is 0 Å². The first-order chi connectivity index (χ1) is 8.87. The molecule has 0 atom stereocenters. The van der Waals surface area contributed by atoms with Crippen LogP contribution in [0.1, 0.15) is 32.3 Å². The Bertz CT molecular complexity index is 478. The number of hydrogen-bond donors (Lipinski definition) is 0. The fourth-order valence-electron chi connectivity index (χ4n) is 2.37. The molecule has 2 rings (SSSR count). The summed E-state index contributed by atoms with van der Waals surface area (Å²) in [4.78, 5) is 12.9. The average molecular weight is 327 g/mol. The lowest BCUT2D eigenvalue weighted by Gasteiger charge is -2.36. The van der Waals surface area contributed by atoms with Crippen LogP contribution in [0.25, 0.3) is 0 Å². The molecule has 1 heterocycles. The van der Waals surface area contributed by atoms with Crippen molar-refractivity contribution in [1.29, 1.82) is 0 Å². The van der Waals surface area contributed by atoms with Crippen molar-refractivity contribution in [1.82, 2.24) is 4.90 Å². The monoisotopic (exact) mass is 326 g/mol. The van der Waals surface area contributed by atoms with Crippen LogP contribution in [-0.4, -0.2) is 22.9 Å². The third-order valence-electron chi connectivity index (χ3n) is 3.82. The second-order valence-corrected chi connectivity index (χ2v) is 6.84. The summed E-state index contributed by atoms with van der Waals surface area (Å²) in [6.07, 6.45) is 2.37. The Labute approximate surface area is 122 Å². The summed E-state index contributed by atoms with van der Waals surface area (Å²) in [7, 11) is 0. The minimum Gasteiger partial charge on any atom is -0.299 e. The maximum absolute atomic E-state index is 10.9. The predicted octanol–water partition coefficient (Wildman–Crippen LogP) is 3.98. The minimum absolute atomic E-state index is 0.148. The largest absolute Gasteiger partial charge is 0.299 e. The second kappa shape index (κ2) is 5.59. The van der Waals surface area contributed by atoms with Gasteiger partial charge in [-0.2, -0.15) is 0 Å². The van der Waals surface area contributed by atoms with E-state index in [-0.39, 0.29) is 10.6 Å². The molecule has 4 nitrogen and oxygen atoms in total. The number of halogens is 1. The van der Waals surface area contributed by atoms with E-state index in [0.29, 0.717) is 9.89 Å². The molecule has 0 spiro atoms. The van der Waals surface area contributed by atoms with Gasteiger partial charge in [-0.05, 0) is 58.9 Å². The van der Waals surface area contributed by atoms with Gasteiger partial charge in [0, 0.05) is 12.6 Å². The fraction of sp³-hybridized carbons (Fsp3) is 0.571. The fourth-order valence-corrected chi connectivity index (χ4v) is 2.76. The Morgan fingerprint density at radius 2 is 2.00 bits per heavy atom. The Hall–Kier alpha value is -0.940. The molecule has 1 aliphatic rings. The van der Waals surface area contributed by atoms with Crippen molar-refractivity contribution in [2.75, 3.05) is 13.1 Å². The van der Waals surface area contributed by atoms with E-state index in [4.69, 9.17) is 0 Å². The zero-order valence-corrected chi connectivity index (χ0v) is 12.9. The lowest BCUT2D eigenvalue weighted by molar-refractivity contribution is -0.385. The Morgan fingerprint density at radius 3 is 2.58 bits per heavy atom. The number of rotatable bonds is 3. The quantitative estimate of drug-likeness (QED) is 0.623. The molecule has 5 heteroatoms. The van der Waals surface area contributed by atoms with E-state index in [1.54, 1.807) is 12.1 Å². The van der Waals surface area contributed by atoms with Crippen LogP contribution in [0.4, 0.5) is 5.69 Å². The molecule has 0 aromatic heterocycles. The Morgan fingerprint density at radius 1 is 1.37 bits per heavy atom. The zero-order chi connectivity index (χ0) is 14.0. The summed E-state index contributed by atoms with van der Waals surface area (Å²) in [6.45, 7) is 7.53. The highest BCUT2D eigenvalue weighted by atomic mass is 79.9. The van der Waals surface area contributed by atoms with Crippen molar-refractivity contribution >= 4 is 21.6 Å². The molecule has 1 aromatic rings. The van der Waals surface area contributed by atoms with E-state index < -0.39 is 0 Å². The molecular formula is C14H19BrN2O2. The van der Waals surface area contributed by atoms with Crippen LogP contribution in [0, 0.1) is 15.5 Å². The molecule has 0 saturated carbocycles. The highest BCUT2D eigenvalue weighted by molar-refractivity contribution is 9.10. The van der Waals surface area contributed by atoms with Crippen LogP contribution < -0.4 is 0 Å². The van der Waals surface area contributed by atoms with Gasteiger partial charge in [-0.15, -0.1) is 0 Å². The van der Waals surface area contributed by atoms with Crippen LogP contribution in [0.2, 0.25) is 0 Å². The van der Waals surface area contributed by atoms with Crippen LogP contribution in [0.5, 0.6) is 0 Å². The summed E-state index contributed by atoms with van der Waals surface area (Å²) < 4.78 is 0.543. The number of likely N-dealkylation sites (tertiary alicyclic amines) is 1. The molecule has 0 amide bonds. The first kappa shape index (κ1) is 14.5. The standard InChI is InChI=1S/C14H19BrN2O2/c1-14(2)5-7-16(8-6-14)10-11-3-4-12(15)13(9-11)17(18)19/h3-4,9H,5-8,10H2,1-2H3. The number of hydrogen-bond acceptors (Lipinski definition) is 3. The number of nitrogens with zero attached hydrogens (tertiary/aromatic N) is 2. The van der Waals surface area contributed by atoms with Gasteiger partial charge in [-0.3, -0.25) is 15.0 Å². The normalized spacial score (nSPS) is 19.3. The summed E-state index contributed by atoms with van der Waals surface area (Å²) in [5.41, 5.74) is 1.59. The highest BCUT2D eigenvalue weighted by Gasteiger charge is 2.25. The SMILES string of the molecule is CC1(C)CCN(Cc2ccc(Br)c([N+](=O)[O-])c2)CC1. The van der Waals surface area contributed by atoms with Crippen molar-refractivity contribution in [3.8, 4) is 0 Å². The van der Waals surface area contributed by atoms with E-state index in [9.17, 15) is 10.1 Å². The molecule has 1 aromatic carbocycles. The highest BCUT2D eigenvalue weighted by Crippen LogP contribution is 2.31. The molecule has 1 saturated heterocycles. The third kappa shape index (κ3) is 3.76. The number of nitro groups is 1. The number of benzene rings is 1. The van der Waals surface area contributed by atoms with Gasteiger partial charge >= 0.3 is 0 Å². The van der Waals surface area contributed by atoms with E-state index >= 15 is 0 Å². The van der Waals surface area contributed by atoms with Crippen molar-refractivity contribution in [2.24, 2.45) is 5.41 Å². The number of nitro benzene ring substituents is 1. The molecule has 0 N–H and O–H groups in total. The smallest absolute Gasteiger partial charge is 0.283 e. The van der Waals surface area contributed by atoms with E-state index in [2.05, 4.69) is 34.7 Å². The van der Waals surface area contributed by atoms with Crippen molar-refractivity contribution in [2.45, 2.75) is 33.2 Å². The van der Waals surface area contributed by atoms with E-state index in [1.807, 2.05) is 6.07 Å². The molecule has 0 aliphatic carbocycles. The van der Waals surface area contributed by atoms with Crippen LogP contribution in [0.15, 0.2) is 22.7 Å². The van der Waals surface area contributed by atoms with Crippen LogP contribution in [0.3, 0.4) is 0 Å². The lowest BCUT2D eigenvalue weighted by Crippen LogP contribution is -2.36. The minimum atomic E-state index is -0.340. The summed E-state index contributed by atoms with van der Waals surface area (Å²) in [5, 5.41) is 10.9. The summed E-state index contributed by atoms with van der Waals surface area (Å²) >= 11 is 3.22. The first-order valence-electron chi connectivity index (χ1n) is 6.53. The molecule has 1 fully saturated rings. The summed E-state index contributed by atoms with van der Waals surface area (Å²) in [5.74, 6) is 0. The van der Waals surface area contributed by atoms with Crippen molar-refractivity contribution in [3.05, 3.63) is 38.3 Å². The topological polar surface area (TPSA) is 46.4 Å². The molecule has 0 unspecified atom stereocenters. The summed E-state index contributed by atoms with van der Waals surface area (Å²) in [6, 6.07) is 5.39. The maximum atomic E-state index is 10.9. The molecule has 104 valence electrons. The van der Waals surface area contributed by atoms with Gasteiger partial charge in [0.25, 0.3) is 5.69 Å². The zero-order valence-electron chi connectivity index (χ0n) is 11.4. The maximum Gasteiger partial charge on any atom is 0.283 e. The molecular weight excluding hydrogens is 308 g/mol. The van der Waals surface area contributed by atoms with E-state index in [1.165, 1.54) is 12.8 Å². The average Bonchev–Trinajstić information content (AvgIpc) is 2.34. The van der Waals surface area contributed by atoms with Gasteiger partial charge in [-0.1, -0.05) is 19.9 Å². The van der Waals surface area contributed by atoms with E-state index in [0.717, 1.165) is 25.2 Å². The Balaban J connectivity index is 2.04. The Kier molecular flexibility index (Phi) is 4.26. The molecule has 0 radical (unpaired) electrons. The van der Waals surface area contributed by atoms with Gasteiger partial charge in [0.1, 0.15) is 0 Å². The molecule has 0 bridgehead atoms. The van der Waals surface area contributed by atoms with Crippen LogP contribution in [-0.2, 0) is 6.54 Å². The predicted molar refractivity (Wildman–Crippen MR) is 79.1 cm³/mol. The molecule has 19 heavy (non-hydrogen) atoms. The third-order valence-corrected chi connectivity index (χ3v) is 4.49. The second-order valence-electron chi connectivity index (χ2n) is 5.98. The molecule has 1 aliphatic heterocycles. The lowest BCUT2D eigenvalue weighted by atomic mass is 9.82. The van der Waals surface area contributed by atoms with Crippen LogP contribution >= 0.6 is 15.9 Å². The number of piperidine rings is 1. The van der Waals surface area contributed by atoms with Crippen molar-refractivity contribution in [3.63, 3.8) is 0 Å². The first-order valence-corrected chi connectivity index (χ1v) is 7.32. The van der Waals surface area contributed by atoms with Gasteiger partial charge in [0.2, 0.25) is 0 Å². The van der Waals surface area contributed by atoms with Gasteiger partial charge in [0.05, 0.1) is 9.40 Å². The van der Waals surface area contributed by atoms with Crippen molar-refractivity contribution < 1.29 is 4.92 Å². The van der Waals surface area contributed by atoms with Gasteiger partial charge in [-0.25, -0.2) is 0 Å². The van der Waals surface area contributed by atoms with Gasteiger partial charge < -0.3 is 0 Å².